The second kappa shape index (κ2) is 6.62. The van der Waals surface area contributed by atoms with Gasteiger partial charge in [-0.2, -0.15) is 11.8 Å². The largest absolute Gasteiger partial charge is 0.305 e. The number of thiazole rings is 1. The zero-order valence-electron chi connectivity index (χ0n) is 10.8. The molecule has 1 aromatic heterocycles. The van der Waals surface area contributed by atoms with E-state index >= 15 is 0 Å². The molecule has 1 rings (SSSR count). The van der Waals surface area contributed by atoms with Crippen molar-refractivity contribution >= 4 is 23.1 Å². The van der Waals surface area contributed by atoms with Crippen LogP contribution in [-0.2, 0) is 0 Å². The second-order valence-electron chi connectivity index (χ2n) is 4.12. The van der Waals surface area contributed by atoms with Crippen LogP contribution in [0.25, 0.3) is 0 Å². The van der Waals surface area contributed by atoms with Crippen molar-refractivity contribution in [1.29, 1.82) is 0 Å². The maximum atomic E-state index is 4.59. The summed E-state index contributed by atoms with van der Waals surface area (Å²) in [6.45, 7) is 10.9. The molecule has 0 aromatic carbocycles. The maximum Gasteiger partial charge on any atom is 0.0900 e. The fourth-order valence-electron chi connectivity index (χ4n) is 1.80. The SMILES string of the molecule is CCSCC(C)NC(C)c1nc(C)sc1C. The number of nitrogens with one attached hydrogen (secondary N) is 1. The fraction of sp³-hybridized carbons (Fsp3) is 0.750. The van der Waals surface area contributed by atoms with Crippen LogP contribution in [0.15, 0.2) is 0 Å². The predicted octanol–water partition coefficient (Wildman–Crippen LogP) is 3.55. The van der Waals surface area contributed by atoms with Crippen LogP contribution in [-0.4, -0.2) is 22.5 Å². The molecule has 0 aliphatic rings. The Hall–Kier alpha value is -0.0600. The lowest BCUT2D eigenvalue weighted by Crippen LogP contribution is -2.31. The van der Waals surface area contributed by atoms with Gasteiger partial charge in [0.15, 0.2) is 0 Å². The predicted molar refractivity (Wildman–Crippen MR) is 75.6 cm³/mol. The van der Waals surface area contributed by atoms with Crippen LogP contribution < -0.4 is 5.32 Å². The van der Waals surface area contributed by atoms with E-state index in [4.69, 9.17) is 0 Å². The molecule has 0 aliphatic carbocycles. The summed E-state index contributed by atoms with van der Waals surface area (Å²) in [5, 5.41) is 4.77. The summed E-state index contributed by atoms with van der Waals surface area (Å²) in [5.74, 6) is 2.36. The van der Waals surface area contributed by atoms with Gasteiger partial charge < -0.3 is 5.32 Å². The Kier molecular flexibility index (Phi) is 5.79. The highest BCUT2D eigenvalue weighted by Crippen LogP contribution is 2.22. The smallest absolute Gasteiger partial charge is 0.0900 e. The lowest BCUT2D eigenvalue weighted by atomic mass is 10.2. The van der Waals surface area contributed by atoms with Gasteiger partial charge in [0, 0.05) is 22.7 Å². The van der Waals surface area contributed by atoms with E-state index in [1.807, 2.05) is 11.8 Å². The van der Waals surface area contributed by atoms with E-state index in [0.29, 0.717) is 12.1 Å². The third-order valence-electron chi connectivity index (χ3n) is 2.46. The van der Waals surface area contributed by atoms with Crippen molar-refractivity contribution in [1.82, 2.24) is 10.3 Å². The number of hydrogen-bond donors (Lipinski definition) is 1. The average molecular weight is 258 g/mol. The maximum absolute atomic E-state index is 4.59. The van der Waals surface area contributed by atoms with E-state index in [-0.39, 0.29) is 0 Å². The lowest BCUT2D eigenvalue weighted by Gasteiger charge is -2.18. The van der Waals surface area contributed by atoms with Crippen LogP contribution in [0.4, 0.5) is 0 Å². The molecule has 0 saturated heterocycles. The van der Waals surface area contributed by atoms with E-state index in [1.54, 1.807) is 11.3 Å². The van der Waals surface area contributed by atoms with Gasteiger partial charge in [-0.15, -0.1) is 11.3 Å². The topological polar surface area (TPSA) is 24.9 Å². The first-order chi connectivity index (χ1) is 7.54. The summed E-state index contributed by atoms with van der Waals surface area (Å²) in [4.78, 5) is 5.93. The Labute approximate surface area is 107 Å². The zero-order chi connectivity index (χ0) is 12.1. The molecule has 16 heavy (non-hydrogen) atoms. The summed E-state index contributed by atoms with van der Waals surface area (Å²) in [6.07, 6.45) is 0. The van der Waals surface area contributed by atoms with E-state index in [9.17, 15) is 0 Å². The molecule has 0 saturated carbocycles. The van der Waals surface area contributed by atoms with Gasteiger partial charge in [0.1, 0.15) is 0 Å². The van der Waals surface area contributed by atoms with Crippen LogP contribution in [0.5, 0.6) is 0 Å². The summed E-state index contributed by atoms with van der Waals surface area (Å²) < 4.78 is 0. The van der Waals surface area contributed by atoms with Crippen LogP contribution in [0, 0.1) is 13.8 Å². The van der Waals surface area contributed by atoms with E-state index < -0.39 is 0 Å². The Morgan fingerprint density at radius 3 is 2.56 bits per heavy atom. The lowest BCUT2D eigenvalue weighted by molar-refractivity contribution is 0.502. The van der Waals surface area contributed by atoms with Crippen molar-refractivity contribution in [2.75, 3.05) is 11.5 Å². The van der Waals surface area contributed by atoms with Crippen molar-refractivity contribution in [2.45, 2.75) is 46.7 Å². The molecule has 1 aromatic rings. The van der Waals surface area contributed by atoms with Crippen LogP contribution in [0.3, 0.4) is 0 Å². The van der Waals surface area contributed by atoms with Gasteiger partial charge in [-0.05, 0) is 33.4 Å². The molecule has 1 heterocycles. The van der Waals surface area contributed by atoms with E-state index in [0.717, 1.165) is 5.01 Å². The molecule has 2 unspecified atom stereocenters. The highest BCUT2D eigenvalue weighted by Gasteiger charge is 2.14. The Morgan fingerprint density at radius 1 is 1.38 bits per heavy atom. The molecule has 0 spiro atoms. The molecule has 2 atom stereocenters. The minimum Gasteiger partial charge on any atom is -0.305 e. The molecule has 1 N–H and O–H groups in total. The first-order valence-corrected chi connectivity index (χ1v) is 7.79. The minimum absolute atomic E-state index is 0.359. The summed E-state index contributed by atoms with van der Waals surface area (Å²) in [6, 6.07) is 0.902. The van der Waals surface area contributed by atoms with Gasteiger partial charge in [-0.1, -0.05) is 6.92 Å². The highest BCUT2D eigenvalue weighted by atomic mass is 32.2. The summed E-state index contributed by atoms with van der Waals surface area (Å²) >= 11 is 3.77. The standard InChI is InChI=1S/C12H22N2S2/c1-6-15-7-8(2)13-9(3)12-10(4)16-11(5)14-12/h8-9,13H,6-7H2,1-5H3. The fourth-order valence-corrected chi connectivity index (χ4v) is 3.39. The molecule has 0 aliphatic heterocycles. The molecule has 2 nitrogen and oxygen atoms in total. The third-order valence-corrected chi connectivity index (χ3v) is 4.50. The van der Waals surface area contributed by atoms with Gasteiger partial charge in [-0.25, -0.2) is 4.98 Å². The van der Waals surface area contributed by atoms with Crippen LogP contribution in [0.2, 0.25) is 0 Å². The van der Waals surface area contributed by atoms with Crippen molar-refractivity contribution in [3.8, 4) is 0 Å². The Morgan fingerprint density at radius 2 is 2.06 bits per heavy atom. The van der Waals surface area contributed by atoms with Gasteiger partial charge in [0.25, 0.3) is 0 Å². The van der Waals surface area contributed by atoms with Crippen molar-refractivity contribution in [3.63, 3.8) is 0 Å². The molecule has 4 heteroatoms. The summed E-state index contributed by atoms with van der Waals surface area (Å²) in [5.41, 5.74) is 1.22. The number of rotatable bonds is 6. The zero-order valence-corrected chi connectivity index (χ0v) is 12.5. The normalized spacial score (nSPS) is 15.1. The first kappa shape index (κ1) is 14.0. The van der Waals surface area contributed by atoms with Crippen molar-refractivity contribution in [2.24, 2.45) is 0 Å². The molecule has 92 valence electrons. The molecular formula is C12H22N2S2. The van der Waals surface area contributed by atoms with Crippen molar-refractivity contribution < 1.29 is 0 Å². The third kappa shape index (κ3) is 4.07. The van der Waals surface area contributed by atoms with Gasteiger partial charge in [0.05, 0.1) is 10.7 Å². The highest BCUT2D eigenvalue weighted by molar-refractivity contribution is 7.99. The molecule has 0 amide bonds. The Bertz CT molecular complexity index is 323. The number of aromatic nitrogens is 1. The quantitative estimate of drug-likeness (QED) is 0.844. The van der Waals surface area contributed by atoms with Gasteiger partial charge in [0.2, 0.25) is 0 Å². The monoisotopic (exact) mass is 258 g/mol. The second-order valence-corrected chi connectivity index (χ2v) is 6.85. The minimum atomic E-state index is 0.359. The first-order valence-electron chi connectivity index (χ1n) is 5.82. The average Bonchev–Trinajstić information content (AvgIpc) is 2.54. The van der Waals surface area contributed by atoms with Crippen LogP contribution >= 0.6 is 23.1 Å². The number of thioether (sulfide) groups is 1. The van der Waals surface area contributed by atoms with E-state index in [2.05, 4.69) is 44.9 Å². The molecule has 0 radical (unpaired) electrons. The number of hydrogen-bond acceptors (Lipinski definition) is 4. The number of aryl methyl sites for hydroxylation is 2. The van der Waals surface area contributed by atoms with Gasteiger partial charge >= 0.3 is 0 Å². The number of nitrogens with zero attached hydrogens (tertiary/aromatic N) is 1. The molecule has 0 bridgehead atoms. The molecular weight excluding hydrogens is 236 g/mol. The van der Waals surface area contributed by atoms with Gasteiger partial charge in [-0.3, -0.25) is 0 Å². The van der Waals surface area contributed by atoms with E-state index in [1.165, 1.54) is 22.1 Å². The van der Waals surface area contributed by atoms with Crippen molar-refractivity contribution in [3.05, 3.63) is 15.6 Å². The Balaban J connectivity index is 2.51. The van der Waals surface area contributed by atoms with Crippen LogP contribution in [0.1, 0.15) is 42.4 Å². The molecule has 0 fully saturated rings. The summed E-state index contributed by atoms with van der Waals surface area (Å²) in [7, 11) is 0.